The Bertz CT molecular complexity index is 538. The quantitative estimate of drug-likeness (QED) is 0.765. The third-order valence-corrected chi connectivity index (χ3v) is 6.21. The van der Waals surface area contributed by atoms with Crippen molar-refractivity contribution in [2.24, 2.45) is 11.3 Å². The first-order chi connectivity index (χ1) is 12.2. The van der Waals surface area contributed by atoms with Gasteiger partial charge in [0.25, 0.3) is 5.91 Å². The van der Waals surface area contributed by atoms with Gasteiger partial charge in [0.1, 0.15) is 0 Å². The molecule has 3 heterocycles. The number of piperidine rings is 2. The molecule has 1 spiro atoms. The Balaban J connectivity index is 1.56. The summed E-state index contributed by atoms with van der Waals surface area (Å²) in [6.07, 6.45) is 7.85. The van der Waals surface area contributed by atoms with Crippen molar-refractivity contribution >= 4 is 5.91 Å². The van der Waals surface area contributed by atoms with Crippen LogP contribution in [0.4, 0.5) is 0 Å². The lowest BCUT2D eigenvalue weighted by Crippen LogP contribution is -2.54. The third-order valence-electron chi connectivity index (χ3n) is 6.21. The molecule has 1 amide bonds. The Morgan fingerprint density at radius 1 is 1.36 bits per heavy atom. The summed E-state index contributed by atoms with van der Waals surface area (Å²) >= 11 is 0. The monoisotopic (exact) mass is 349 g/mol. The maximum absolute atomic E-state index is 12.6. The summed E-state index contributed by atoms with van der Waals surface area (Å²) in [6.45, 7) is 5.72. The molecule has 0 aliphatic carbocycles. The zero-order chi connectivity index (χ0) is 17.7. The molecule has 2 fully saturated rings. The molecule has 0 saturated carbocycles. The lowest BCUT2D eigenvalue weighted by atomic mass is 9.64. The second kappa shape index (κ2) is 8.34. The van der Waals surface area contributed by atoms with Gasteiger partial charge in [0.05, 0.1) is 5.56 Å². The van der Waals surface area contributed by atoms with E-state index in [-0.39, 0.29) is 23.8 Å². The number of likely N-dealkylation sites (tertiary alicyclic amines) is 2. The molecule has 1 atom stereocenters. The highest BCUT2D eigenvalue weighted by atomic mass is 16.5. The van der Waals surface area contributed by atoms with Gasteiger partial charge in [0.15, 0.2) is 0 Å². The van der Waals surface area contributed by atoms with Crippen LogP contribution in [0.25, 0.3) is 0 Å². The van der Waals surface area contributed by atoms with Crippen LogP contribution in [0, 0.1) is 11.3 Å². The van der Waals surface area contributed by atoms with Gasteiger partial charge in [0, 0.05) is 58.3 Å². The lowest BCUT2D eigenvalue weighted by molar-refractivity contribution is -0.0358. The van der Waals surface area contributed by atoms with Gasteiger partial charge in [-0.2, -0.15) is 0 Å². The third kappa shape index (κ3) is 4.07. The van der Waals surface area contributed by atoms with E-state index in [1.54, 1.807) is 19.5 Å². The predicted molar refractivity (Wildman–Crippen MR) is 96.5 cm³/mol. The SMILES string of the molecule is COCCCN1CCC2(CC1)CCN(C(=O)c1cc[nH]c1)CC2CO. The van der Waals surface area contributed by atoms with Crippen LogP contribution in [-0.4, -0.2) is 78.8 Å². The summed E-state index contributed by atoms with van der Waals surface area (Å²) in [4.78, 5) is 20.0. The molecule has 0 aromatic carbocycles. The number of carbonyl (C=O) groups is 1. The molecule has 1 aromatic heterocycles. The highest BCUT2D eigenvalue weighted by molar-refractivity contribution is 5.94. The fraction of sp³-hybridized carbons (Fsp3) is 0.737. The maximum atomic E-state index is 12.6. The predicted octanol–water partition coefficient (Wildman–Crippen LogP) is 1.59. The van der Waals surface area contributed by atoms with Crippen molar-refractivity contribution in [3.8, 4) is 0 Å². The van der Waals surface area contributed by atoms with Gasteiger partial charge in [-0.15, -0.1) is 0 Å². The molecule has 0 radical (unpaired) electrons. The number of rotatable bonds is 6. The van der Waals surface area contributed by atoms with E-state index in [0.29, 0.717) is 12.1 Å². The molecular weight excluding hydrogens is 318 g/mol. The van der Waals surface area contributed by atoms with Crippen molar-refractivity contribution in [3.05, 3.63) is 24.0 Å². The fourth-order valence-electron chi connectivity index (χ4n) is 4.50. The van der Waals surface area contributed by atoms with Crippen LogP contribution in [0.5, 0.6) is 0 Å². The first-order valence-electron chi connectivity index (χ1n) is 9.43. The van der Waals surface area contributed by atoms with Gasteiger partial charge in [-0.3, -0.25) is 4.79 Å². The van der Waals surface area contributed by atoms with Crippen molar-refractivity contribution in [2.45, 2.75) is 25.7 Å². The van der Waals surface area contributed by atoms with Crippen molar-refractivity contribution in [2.75, 3.05) is 53.0 Å². The number of aromatic nitrogens is 1. The summed E-state index contributed by atoms with van der Waals surface area (Å²) in [5, 5.41) is 10.0. The smallest absolute Gasteiger partial charge is 0.255 e. The minimum atomic E-state index is 0.0755. The largest absolute Gasteiger partial charge is 0.396 e. The molecule has 2 aliphatic rings. The number of aliphatic hydroxyl groups excluding tert-OH is 1. The van der Waals surface area contributed by atoms with Crippen LogP contribution < -0.4 is 0 Å². The van der Waals surface area contributed by atoms with Crippen LogP contribution >= 0.6 is 0 Å². The molecule has 2 aliphatic heterocycles. The fourth-order valence-corrected chi connectivity index (χ4v) is 4.50. The number of nitrogens with zero attached hydrogens (tertiary/aromatic N) is 2. The van der Waals surface area contributed by atoms with Crippen LogP contribution in [0.3, 0.4) is 0 Å². The van der Waals surface area contributed by atoms with Crippen molar-refractivity contribution in [3.63, 3.8) is 0 Å². The summed E-state index contributed by atoms with van der Waals surface area (Å²) in [7, 11) is 1.75. The Morgan fingerprint density at radius 3 is 2.76 bits per heavy atom. The summed E-state index contributed by atoms with van der Waals surface area (Å²) < 4.78 is 5.14. The van der Waals surface area contributed by atoms with E-state index in [1.807, 2.05) is 11.0 Å². The van der Waals surface area contributed by atoms with Crippen LogP contribution in [0.15, 0.2) is 18.5 Å². The summed E-state index contributed by atoms with van der Waals surface area (Å²) in [5.74, 6) is 0.261. The average Bonchev–Trinajstić information content (AvgIpc) is 3.18. The minimum Gasteiger partial charge on any atom is -0.396 e. The number of ether oxygens (including phenoxy) is 1. The highest BCUT2D eigenvalue weighted by Crippen LogP contribution is 2.45. The van der Waals surface area contributed by atoms with Gasteiger partial charge in [0.2, 0.25) is 0 Å². The molecule has 1 aromatic rings. The zero-order valence-electron chi connectivity index (χ0n) is 15.2. The molecule has 1 unspecified atom stereocenters. The molecule has 6 nitrogen and oxygen atoms in total. The standard InChI is InChI=1S/C19H31N3O3/c1-25-12-2-8-21-9-4-19(5-10-21)6-11-22(14-17(19)15-23)18(24)16-3-7-20-13-16/h3,7,13,17,20,23H,2,4-6,8-12,14-15H2,1H3. The van der Waals surface area contributed by atoms with Crippen molar-refractivity contribution in [1.29, 1.82) is 0 Å². The summed E-state index contributed by atoms with van der Waals surface area (Å²) in [5.41, 5.74) is 0.905. The summed E-state index contributed by atoms with van der Waals surface area (Å²) in [6, 6.07) is 1.82. The molecule has 6 heteroatoms. The Kier molecular flexibility index (Phi) is 6.15. The van der Waals surface area contributed by atoms with Gasteiger partial charge in [-0.05, 0) is 50.3 Å². The number of amides is 1. The Morgan fingerprint density at radius 2 is 2.12 bits per heavy atom. The Hall–Kier alpha value is -1.37. The normalized spacial score (nSPS) is 23.9. The molecule has 2 saturated heterocycles. The van der Waals surface area contributed by atoms with E-state index in [0.717, 1.165) is 58.5 Å². The molecule has 25 heavy (non-hydrogen) atoms. The van der Waals surface area contributed by atoms with Gasteiger partial charge in [-0.25, -0.2) is 0 Å². The van der Waals surface area contributed by atoms with Crippen LogP contribution in [0.1, 0.15) is 36.0 Å². The number of carbonyl (C=O) groups excluding carboxylic acids is 1. The van der Waals surface area contributed by atoms with Crippen LogP contribution in [0.2, 0.25) is 0 Å². The van der Waals surface area contributed by atoms with E-state index in [9.17, 15) is 9.90 Å². The minimum absolute atomic E-state index is 0.0755. The molecule has 140 valence electrons. The zero-order valence-corrected chi connectivity index (χ0v) is 15.2. The van der Waals surface area contributed by atoms with E-state index in [2.05, 4.69) is 9.88 Å². The number of aromatic amines is 1. The second-order valence-corrected chi connectivity index (χ2v) is 7.53. The van der Waals surface area contributed by atoms with E-state index >= 15 is 0 Å². The van der Waals surface area contributed by atoms with E-state index in [1.165, 1.54) is 0 Å². The molecule has 0 bridgehead atoms. The number of nitrogens with one attached hydrogen (secondary N) is 1. The Labute approximate surface area is 150 Å². The number of hydrogen-bond donors (Lipinski definition) is 2. The first-order valence-corrected chi connectivity index (χ1v) is 9.43. The number of H-pyrrole nitrogens is 1. The van der Waals surface area contributed by atoms with Crippen molar-refractivity contribution < 1.29 is 14.6 Å². The number of aliphatic hydroxyl groups is 1. The first kappa shape index (κ1) is 18.4. The topological polar surface area (TPSA) is 68.8 Å². The lowest BCUT2D eigenvalue weighted by Gasteiger charge is -2.51. The molecule has 3 rings (SSSR count). The molecule has 2 N–H and O–H groups in total. The van der Waals surface area contributed by atoms with Crippen molar-refractivity contribution in [1.82, 2.24) is 14.8 Å². The van der Waals surface area contributed by atoms with Gasteiger partial charge >= 0.3 is 0 Å². The molecular formula is C19H31N3O3. The van der Waals surface area contributed by atoms with Crippen LogP contribution in [-0.2, 0) is 4.74 Å². The van der Waals surface area contributed by atoms with Gasteiger partial charge in [-0.1, -0.05) is 0 Å². The van der Waals surface area contributed by atoms with E-state index < -0.39 is 0 Å². The average molecular weight is 349 g/mol. The van der Waals surface area contributed by atoms with E-state index in [4.69, 9.17) is 4.74 Å². The second-order valence-electron chi connectivity index (χ2n) is 7.53. The number of hydrogen-bond acceptors (Lipinski definition) is 4. The number of methoxy groups -OCH3 is 1. The maximum Gasteiger partial charge on any atom is 0.255 e. The van der Waals surface area contributed by atoms with Gasteiger partial charge < -0.3 is 24.6 Å². The highest BCUT2D eigenvalue weighted by Gasteiger charge is 2.45.